The Morgan fingerprint density at radius 2 is 2.33 bits per heavy atom. The normalized spacial score (nSPS) is 11.4. The molecule has 0 aliphatic carbocycles. The van der Waals surface area contributed by atoms with Gasteiger partial charge in [0.15, 0.2) is 0 Å². The van der Waals surface area contributed by atoms with Crippen molar-refractivity contribution in [2.45, 2.75) is 26.3 Å². The van der Waals surface area contributed by atoms with Gasteiger partial charge in [-0.3, -0.25) is 0 Å². The van der Waals surface area contributed by atoms with Gasteiger partial charge in [-0.05, 0) is 25.1 Å². The highest BCUT2D eigenvalue weighted by atomic mass is 14.9. The highest BCUT2D eigenvalue weighted by Crippen LogP contribution is 2.08. The molecule has 1 aromatic rings. The van der Waals surface area contributed by atoms with Gasteiger partial charge in [0.1, 0.15) is 5.82 Å². The molecule has 1 rings (SSSR count). The zero-order valence-electron chi connectivity index (χ0n) is 9.40. The first-order valence-electron chi connectivity index (χ1n) is 5.30. The van der Waals surface area contributed by atoms with Gasteiger partial charge in [0.25, 0.3) is 0 Å². The molecule has 0 aromatic carbocycles. The van der Waals surface area contributed by atoms with Crippen LogP contribution in [0.2, 0.25) is 0 Å². The summed E-state index contributed by atoms with van der Waals surface area (Å²) in [5, 5.41) is 3.35. The lowest BCUT2D eigenvalue weighted by Crippen LogP contribution is -2.23. The predicted molar refractivity (Wildman–Crippen MR) is 65.4 cm³/mol. The quantitative estimate of drug-likeness (QED) is 0.723. The zero-order valence-corrected chi connectivity index (χ0v) is 9.40. The Bertz CT molecular complexity index is 318. The first-order valence-corrected chi connectivity index (χ1v) is 5.30. The van der Waals surface area contributed by atoms with Crippen LogP contribution in [-0.4, -0.2) is 17.6 Å². The topological polar surface area (TPSA) is 50.9 Å². The second-order valence-corrected chi connectivity index (χ2v) is 3.78. The lowest BCUT2D eigenvalue weighted by molar-refractivity contribution is 0.595. The summed E-state index contributed by atoms with van der Waals surface area (Å²) < 4.78 is 0. The van der Waals surface area contributed by atoms with E-state index >= 15 is 0 Å². The molecule has 1 heterocycles. The molecule has 3 N–H and O–H groups in total. The second-order valence-electron chi connectivity index (χ2n) is 3.78. The third kappa shape index (κ3) is 4.61. The summed E-state index contributed by atoms with van der Waals surface area (Å²) in [5.74, 6) is 0.588. The molecule has 0 spiro atoms. The van der Waals surface area contributed by atoms with Crippen LogP contribution in [0.5, 0.6) is 0 Å². The predicted octanol–water partition coefficient (Wildman–Crippen LogP) is 2.07. The molecule has 3 nitrogen and oxygen atoms in total. The number of aromatic nitrogens is 1. The van der Waals surface area contributed by atoms with Crippen molar-refractivity contribution in [1.82, 2.24) is 10.3 Å². The fourth-order valence-electron chi connectivity index (χ4n) is 1.24. The average molecular weight is 205 g/mol. The Hall–Kier alpha value is -1.35. The number of nitrogens with one attached hydrogen (secondary N) is 1. The van der Waals surface area contributed by atoms with Gasteiger partial charge in [-0.1, -0.05) is 26.0 Å². The first-order chi connectivity index (χ1) is 7.20. The molecule has 0 atom stereocenters. The fourth-order valence-corrected chi connectivity index (χ4v) is 1.24. The maximum absolute atomic E-state index is 5.71. The van der Waals surface area contributed by atoms with Crippen LogP contribution < -0.4 is 11.1 Å². The molecular formula is C12H19N3. The average Bonchev–Trinajstić information content (AvgIpc) is 2.20. The number of anilines is 1. The van der Waals surface area contributed by atoms with Crippen molar-refractivity contribution >= 4 is 11.9 Å². The van der Waals surface area contributed by atoms with Gasteiger partial charge in [0.2, 0.25) is 0 Å². The van der Waals surface area contributed by atoms with E-state index in [1.807, 2.05) is 18.2 Å². The van der Waals surface area contributed by atoms with Gasteiger partial charge >= 0.3 is 0 Å². The Balaban J connectivity index is 2.35. The number of nitrogens with two attached hydrogens (primary N) is 1. The Labute approximate surface area is 91.4 Å². The lowest BCUT2D eigenvalue weighted by Gasteiger charge is -2.04. The minimum Gasteiger partial charge on any atom is -0.383 e. The summed E-state index contributed by atoms with van der Waals surface area (Å²) in [6.07, 6.45) is 6.84. The number of nitrogen functional groups attached to an aromatic ring is 1. The largest absolute Gasteiger partial charge is 0.383 e. The third-order valence-electron chi connectivity index (χ3n) is 2.03. The van der Waals surface area contributed by atoms with Gasteiger partial charge in [-0.25, -0.2) is 4.98 Å². The molecule has 0 unspecified atom stereocenters. The highest BCUT2D eigenvalue weighted by molar-refractivity contribution is 5.60. The van der Waals surface area contributed by atoms with Crippen molar-refractivity contribution in [3.63, 3.8) is 0 Å². The second kappa shape index (κ2) is 6.19. The molecular weight excluding hydrogens is 186 g/mol. The highest BCUT2D eigenvalue weighted by Gasteiger charge is 1.93. The van der Waals surface area contributed by atoms with E-state index in [1.165, 1.54) is 0 Å². The molecule has 0 radical (unpaired) electrons. The smallest absolute Gasteiger partial charge is 0.130 e. The molecule has 0 aliphatic heterocycles. The third-order valence-corrected chi connectivity index (χ3v) is 2.03. The summed E-state index contributed by atoms with van der Waals surface area (Å²) in [4.78, 5) is 4.02. The van der Waals surface area contributed by atoms with Crippen LogP contribution in [0.4, 0.5) is 5.82 Å². The zero-order chi connectivity index (χ0) is 11.1. The van der Waals surface area contributed by atoms with Gasteiger partial charge in [-0.2, -0.15) is 0 Å². The van der Waals surface area contributed by atoms with E-state index < -0.39 is 0 Å². The van der Waals surface area contributed by atoms with Crippen LogP contribution in [-0.2, 0) is 0 Å². The minimum atomic E-state index is 0.543. The van der Waals surface area contributed by atoms with Crippen molar-refractivity contribution in [2.75, 3.05) is 12.3 Å². The van der Waals surface area contributed by atoms with E-state index in [1.54, 1.807) is 6.20 Å². The van der Waals surface area contributed by atoms with Crippen molar-refractivity contribution in [3.05, 3.63) is 30.0 Å². The van der Waals surface area contributed by atoms with Gasteiger partial charge in [-0.15, -0.1) is 0 Å². The molecule has 0 amide bonds. The SMILES string of the molecule is CC(C)NCCC=Cc1cccnc1N. The maximum atomic E-state index is 5.71. The van der Waals surface area contributed by atoms with Crippen LogP contribution in [0.1, 0.15) is 25.8 Å². The van der Waals surface area contributed by atoms with Crippen molar-refractivity contribution in [1.29, 1.82) is 0 Å². The summed E-state index contributed by atoms with van der Waals surface area (Å²) in [5.41, 5.74) is 6.69. The number of hydrogen-bond acceptors (Lipinski definition) is 3. The summed E-state index contributed by atoms with van der Waals surface area (Å²) in [7, 11) is 0. The lowest BCUT2D eigenvalue weighted by atomic mass is 10.2. The molecule has 0 saturated heterocycles. The van der Waals surface area contributed by atoms with Crippen LogP contribution in [0.15, 0.2) is 24.4 Å². The van der Waals surface area contributed by atoms with Gasteiger partial charge < -0.3 is 11.1 Å². The van der Waals surface area contributed by atoms with Crippen molar-refractivity contribution < 1.29 is 0 Å². The van der Waals surface area contributed by atoms with E-state index in [0.717, 1.165) is 18.5 Å². The molecule has 0 fully saturated rings. The van der Waals surface area contributed by atoms with E-state index in [2.05, 4.69) is 30.2 Å². The molecule has 15 heavy (non-hydrogen) atoms. The van der Waals surface area contributed by atoms with Gasteiger partial charge in [0.05, 0.1) is 0 Å². The fraction of sp³-hybridized carbons (Fsp3) is 0.417. The van der Waals surface area contributed by atoms with E-state index in [9.17, 15) is 0 Å². The minimum absolute atomic E-state index is 0.543. The Morgan fingerprint density at radius 3 is 3.00 bits per heavy atom. The maximum Gasteiger partial charge on any atom is 0.130 e. The van der Waals surface area contributed by atoms with Crippen molar-refractivity contribution in [3.8, 4) is 0 Å². The van der Waals surface area contributed by atoms with Crippen LogP contribution in [0, 0.1) is 0 Å². The first kappa shape index (κ1) is 11.7. The van der Waals surface area contributed by atoms with E-state index in [0.29, 0.717) is 11.9 Å². The number of rotatable bonds is 5. The monoisotopic (exact) mass is 205 g/mol. The van der Waals surface area contributed by atoms with Crippen LogP contribution in [0.3, 0.4) is 0 Å². The summed E-state index contributed by atoms with van der Waals surface area (Å²) >= 11 is 0. The van der Waals surface area contributed by atoms with Gasteiger partial charge in [0, 0.05) is 17.8 Å². The van der Waals surface area contributed by atoms with Crippen molar-refractivity contribution in [2.24, 2.45) is 0 Å². The molecule has 0 saturated carbocycles. The molecule has 3 heteroatoms. The Kier molecular flexibility index (Phi) is 4.84. The Morgan fingerprint density at radius 1 is 1.53 bits per heavy atom. The van der Waals surface area contributed by atoms with Crippen LogP contribution >= 0.6 is 0 Å². The summed E-state index contributed by atoms with van der Waals surface area (Å²) in [6.45, 7) is 5.28. The molecule has 0 bridgehead atoms. The molecule has 0 aliphatic rings. The number of hydrogen-bond donors (Lipinski definition) is 2. The number of nitrogens with zero attached hydrogens (tertiary/aromatic N) is 1. The van der Waals surface area contributed by atoms with Crippen LogP contribution in [0.25, 0.3) is 6.08 Å². The standard InChI is InChI=1S/C12H19N3/c1-10(2)14-8-4-3-6-11-7-5-9-15-12(11)13/h3,5-7,9-10,14H,4,8H2,1-2H3,(H2,13,15). The number of pyridine rings is 1. The molecule has 1 aromatic heterocycles. The molecule has 82 valence electrons. The van der Waals surface area contributed by atoms with E-state index in [-0.39, 0.29) is 0 Å². The van der Waals surface area contributed by atoms with E-state index in [4.69, 9.17) is 5.73 Å². The summed E-state index contributed by atoms with van der Waals surface area (Å²) in [6, 6.07) is 4.40.